The van der Waals surface area contributed by atoms with Crippen molar-refractivity contribution in [1.29, 1.82) is 0 Å². The predicted molar refractivity (Wildman–Crippen MR) is 108 cm³/mol. The molecule has 1 aromatic heterocycles. The minimum absolute atomic E-state index is 0.0461. The Labute approximate surface area is 165 Å². The summed E-state index contributed by atoms with van der Waals surface area (Å²) in [5, 5.41) is 4.00. The number of carbonyl (C=O) groups is 2. The Hall–Kier alpha value is -1.83. The molecule has 0 spiro atoms. The van der Waals surface area contributed by atoms with Gasteiger partial charge < -0.3 is 4.90 Å². The number of benzene rings is 1. The van der Waals surface area contributed by atoms with Crippen LogP contribution in [0.4, 0.5) is 0 Å². The Morgan fingerprint density at radius 3 is 2.69 bits per heavy atom. The van der Waals surface area contributed by atoms with E-state index in [1.807, 2.05) is 42.6 Å². The van der Waals surface area contributed by atoms with Crippen molar-refractivity contribution in [2.24, 2.45) is 0 Å². The first-order chi connectivity index (χ1) is 12.3. The van der Waals surface area contributed by atoms with E-state index in [0.29, 0.717) is 5.02 Å². The number of rotatable bonds is 4. The molecular formula is C18H18ClN3O2S2. The molecule has 1 aromatic carbocycles. The van der Waals surface area contributed by atoms with Crippen LogP contribution in [-0.2, 0) is 9.59 Å². The van der Waals surface area contributed by atoms with Crippen molar-refractivity contribution < 1.29 is 9.59 Å². The normalized spacial score (nSPS) is 18.6. The van der Waals surface area contributed by atoms with Gasteiger partial charge in [0.15, 0.2) is 0 Å². The smallest absolute Gasteiger partial charge is 0.242 e. The van der Waals surface area contributed by atoms with Crippen LogP contribution in [0, 0.1) is 0 Å². The van der Waals surface area contributed by atoms with Crippen LogP contribution in [0.5, 0.6) is 0 Å². The van der Waals surface area contributed by atoms with Gasteiger partial charge in [0.25, 0.3) is 0 Å². The Bertz CT molecular complexity index is 862. The van der Waals surface area contributed by atoms with Crippen molar-refractivity contribution in [3.63, 3.8) is 0 Å². The summed E-state index contributed by atoms with van der Waals surface area (Å²) in [4.78, 5) is 32.1. The average molecular weight is 408 g/mol. The summed E-state index contributed by atoms with van der Waals surface area (Å²) in [6.07, 6.45) is 1.87. The highest BCUT2D eigenvalue weighted by Gasteiger charge is 2.35. The van der Waals surface area contributed by atoms with Gasteiger partial charge in [-0.25, -0.2) is 4.98 Å². The van der Waals surface area contributed by atoms with Gasteiger partial charge in [0.1, 0.15) is 11.6 Å². The molecule has 0 unspecified atom stereocenters. The van der Waals surface area contributed by atoms with E-state index in [2.05, 4.69) is 4.98 Å². The maximum atomic E-state index is 12.4. The summed E-state index contributed by atoms with van der Waals surface area (Å²) in [5.74, 6) is -0.161. The number of nitrogens with zero attached hydrogens (tertiary/aromatic N) is 3. The van der Waals surface area contributed by atoms with Gasteiger partial charge in [-0.05, 0) is 19.1 Å². The summed E-state index contributed by atoms with van der Waals surface area (Å²) < 4.78 is 0. The highest BCUT2D eigenvalue weighted by Crippen LogP contribution is 2.37. The van der Waals surface area contributed by atoms with Crippen molar-refractivity contribution in [3.05, 3.63) is 44.7 Å². The maximum absolute atomic E-state index is 12.4. The fourth-order valence-electron chi connectivity index (χ4n) is 2.38. The summed E-state index contributed by atoms with van der Waals surface area (Å²) in [5.41, 5.74) is 1.84. The molecular weight excluding hydrogens is 390 g/mol. The molecule has 3 rings (SSSR count). The molecule has 2 heterocycles. The molecule has 8 heteroatoms. The van der Waals surface area contributed by atoms with E-state index in [-0.39, 0.29) is 23.6 Å². The molecule has 136 valence electrons. The first kappa shape index (κ1) is 18.9. The molecule has 1 atom stereocenters. The van der Waals surface area contributed by atoms with E-state index >= 15 is 0 Å². The number of thioether (sulfide) groups is 1. The molecule has 1 aliphatic heterocycles. The van der Waals surface area contributed by atoms with Crippen LogP contribution in [-0.4, -0.2) is 52.5 Å². The van der Waals surface area contributed by atoms with Gasteiger partial charge in [-0.2, -0.15) is 0 Å². The van der Waals surface area contributed by atoms with E-state index in [0.717, 1.165) is 21.3 Å². The third-order valence-electron chi connectivity index (χ3n) is 3.88. The minimum Gasteiger partial charge on any atom is -0.347 e. The topological polar surface area (TPSA) is 53.5 Å². The Morgan fingerprint density at radius 2 is 2.04 bits per heavy atom. The van der Waals surface area contributed by atoms with Gasteiger partial charge in [-0.1, -0.05) is 35.5 Å². The van der Waals surface area contributed by atoms with Crippen molar-refractivity contribution >= 4 is 52.6 Å². The molecule has 1 saturated heterocycles. The summed E-state index contributed by atoms with van der Waals surface area (Å²) in [7, 11) is 3.37. The van der Waals surface area contributed by atoms with Crippen molar-refractivity contribution in [1.82, 2.24) is 14.8 Å². The highest BCUT2D eigenvalue weighted by molar-refractivity contribution is 8.04. The van der Waals surface area contributed by atoms with Crippen LogP contribution in [0.3, 0.4) is 0 Å². The Morgan fingerprint density at radius 1 is 1.35 bits per heavy atom. The molecule has 2 aromatic rings. The van der Waals surface area contributed by atoms with Crippen LogP contribution in [0.25, 0.3) is 17.3 Å². The molecule has 26 heavy (non-hydrogen) atoms. The summed E-state index contributed by atoms with van der Waals surface area (Å²) in [6.45, 7) is 1.90. The lowest BCUT2D eigenvalue weighted by Gasteiger charge is -2.19. The van der Waals surface area contributed by atoms with E-state index in [1.54, 1.807) is 19.0 Å². The number of thiazole rings is 1. The van der Waals surface area contributed by atoms with E-state index in [9.17, 15) is 9.59 Å². The van der Waals surface area contributed by atoms with E-state index < -0.39 is 0 Å². The number of amides is 2. The lowest BCUT2D eigenvalue weighted by atomic mass is 10.2. The van der Waals surface area contributed by atoms with Gasteiger partial charge in [-0.3, -0.25) is 14.5 Å². The second-order valence-corrected chi connectivity index (χ2v) is 8.72. The van der Waals surface area contributed by atoms with Crippen molar-refractivity contribution in [3.8, 4) is 11.3 Å². The Balaban J connectivity index is 1.84. The molecule has 0 N–H and O–H groups in total. The molecule has 1 fully saturated rings. The maximum Gasteiger partial charge on any atom is 0.242 e. The zero-order valence-corrected chi connectivity index (χ0v) is 17.0. The highest BCUT2D eigenvalue weighted by atomic mass is 35.5. The number of carbonyl (C=O) groups excluding carboxylic acids is 2. The number of likely N-dealkylation sites (N-methyl/N-ethyl adjacent to an activating group) is 1. The third-order valence-corrected chi connectivity index (χ3v) is 6.06. The van der Waals surface area contributed by atoms with Crippen LogP contribution >= 0.6 is 34.7 Å². The van der Waals surface area contributed by atoms with Crippen molar-refractivity contribution in [2.45, 2.75) is 12.2 Å². The molecule has 0 bridgehead atoms. The predicted octanol–water partition coefficient (Wildman–Crippen LogP) is 3.81. The second-order valence-electron chi connectivity index (χ2n) is 6.03. The number of hydrogen-bond donors (Lipinski definition) is 0. The zero-order valence-electron chi connectivity index (χ0n) is 14.6. The van der Waals surface area contributed by atoms with Crippen LogP contribution in [0.1, 0.15) is 11.9 Å². The number of halogens is 1. The molecule has 0 aliphatic carbocycles. The minimum atomic E-state index is -0.202. The molecule has 0 radical (unpaired) electrons. The van der Waals surface area contributed by atoms with E-state index in [4.69, 9.17) is 11.6 Å². The quantitative estimate of drug-likeness (QED) is 0.773. The fraction of sp³-hybridized carbons (Fsp3) is 0.278. The Kier molecular flexibility index (Phi) is 5.70. The second kappa shape index (κ2) is 7.82. The molecule has 5 nitrogen and oxygen atoms in total. The van der Waals surface area contributed by atoms with Gasteiger partial charge in [0.05, 0.1) is 16.0 Å². The SMILES string of the molecule is C[C@@H]1S/C(=C\c2nc(-c3ccc(Cl)cc3)cs2)N(CC(=O)N(C)C)C1=O. The lowest BCUT2D eigenvalue weighted by Crippen LogP contribution is -2.37. The number of aromatic nitrogens is 1. The summed E-state index contributed by atoms with van der Waals surface area (Å²) in [6, 6.07) is 7.50. The van der Waals surface area contributed by atoms with Gasteiger partial charge in [-0.15, -0.1) is 11.3 Å². The fourth-order valence-corrected chi connectivity index (χ4v) is 4.38. The first-order valence-corrected chi connectivity index (χ1v) is 10.1. The molecule has 1 aliphatic rings. The summed E-state index contributed by atoms with van der Waals surface area (Å²) >= 11 is 8.88. The first-order valence-electron chi connectivity index (χ1n) is 7.96. The van der Waals surface area contributed by atoms with Crippen molar-refractivity contribution in [2.75, 3.05) is 20.6 Å². The van der Waals surface area contributed by atoms with E-state index in [1.165, 1.54) is 28.0 Å². The van der Waals surface area contributed by atoms with Crippen LogP contribution in [0.15, 0.2) is 34.7 Å². The van der Waals surface area contributed by atoms with Crippen LogP contribution in [0.2, 0.25) is 5.02 Å². The third kappa shape index (κ3) is 4.11. The largest absolute Gasteiger partial charge is 0.347 e. The molecule has 0 saturated carbocycles. The number of hydrogen-bond acceptors (Lipinski definition) is 5. The molecule has 2 amide bonds. The van der Waals surface area contributed by atoms with Gasteiger partial charge in [0.2, 0.25) is 11.8 Å². The zero-order chi connectivity index (χ0) is 18.8. The lowest BCUT2D eigenvalue weighted by molar-refractivity contribution is -0.136. The van der Waals surface area contributed by atoms with Crippen LogP contribution < -0.4 is 0 Å². The standard InChI is InChI=1S/C18H18ClN3O2S2/c1-11-18(24)22(9-16(23)21(2)3)17(26-11)8-15-20-14(10-25-15)12-4-6-13(19)7-5-12/h4-8,10-11H,9H2,1-3H3/b17-8-/t11-/m0/s1. The van der Waals surface area contributed by atoms with Gasteiger partial charge in [0, 0.05) is 36.1 Å². The monoisotopic (exact) mass is 407 g/mol. The van der Waals surface area contributed by atoms with Gasteiger partial charge >= 0.3 is 0 Å². The average Bonchev–Trinajstić information content (AvgIpc) is 3.16.